The van der Waals surface area contributed by atoms with E-state index in [0.717, 1.165) is 38.8 Å². The number of methoxy groups -OCH3 is 1. The molecule has 2 fully saturated rings. The third-order valence-corrected chi connectivity index (χ3v) is 3.93. The van der Waals surface area contributed by atoms with Crippen LogP contribution >= 0.6 is 0 Å². The van der Waals surface area contributed by atoms with Crippen molar-refractivity contribution < 1.29 is 14.3 Å². The van der Waals surface area contributed by atoms with Crippen LogP contribution in [0.3, 0.4) is 0 Å². The van der Waals surface area contributed by atoms with Gasteiger partial charge in [-0.2, -0.15) is 0 Å². The molecule has 0 aromatic heterocycles. The van der Waals surface area contributed by atoms with Crippen LogP contribution in [-0.4, -0.2) is 50.1 Å². The predicted molar refractivity (Wildman–Crippen MR) is 62.4 cm³/mol. The van der Waals surface area contributed by atoms with Crippen LogP contribution < -0.4 is 5.32 Å². The topological polar surface area (TPSA) is 58.6 Å². The normalized spacial score (nSPS) is 29.2. The Morgan fingerprint density at radius 1 is 1.41 bits per heavy atom. The van der Waals surface area contributed by atoms with E-state index in [9.17, 15) is 9.59 Å². The summed E-state index contributed by atoms with van der Waals surface area (Å²) in [5.74, 6) is 0.210. The molecule has 0 bridgehead atoms. The molecule has 0 aromatic rings. The van der Waals surface area contributed by atoms with Crippen LogP contribution in [0.4, 0.5) is 0 Å². The van der Waals surface area contributed by atoms with E-state index in [0.29, 0.717) is 6.54 Å². The van der Waals surface area contributed by atoms with Crippen LogP contribution in [0.25, 0.3) is 0 Å². The Bertz CT molecular complexity index is 319. The maximum atomic E-state index is 11.9. The Balaban J connectivity index is 1.98. The van der Waals surface area contributed by atoms with Gasteiger partial charge in [-0.3, -0.25) is 9.59 Å². The minimum absolute atomic E-state index is 0.0305. The summed E-state index contributed by atoms with van der Waals surface area (Å²) in [4.78, 5) is 25.4. The standard InChI is InChI=1S/C12H20N2O3/c1-17-9-10(15)14-7-2-3-12(5-8-14)4-6-13-11(12)16/h2-9H2,1H3,(H,13,16)/t12-/m0/s1. The highest BCUT2D eigenvalue weighted by Crippen LogP contribution is 2.37. The molecule has 1 N–H and O–H groups in total. The third kappa shape index (κ3) is 2.44. The molecule has 96 valence electrons. The molecule has 5 heteroatoms. The van der Waals surface area contributed by atoms with Gasteiger partial charge in [0.25, 0.3) is 0 Å². The summed E-state index contributed by atoms with van der Waals surface area (Å²) in [6, 6.07) is 0. The average Bonchev–Trinajstić information content (AvgIpc) is 2.53. The zero-order valence-electron chi connectivity index (χ0n) is 10.3. The van der Waals surface area contributed by atoms with Crippen molar-refractivity contribution >= 4 is 11.8 Å². The van der Waals surface area contributed by atoms with Crippen molar-refractivity contribution in [3.05, 3.63) is 0 Å². The minimum Gasteiger partial charge on any atom is -0.375 e. The number of hydrogen-bond donors (Lipinski definition) is 1. The van der Waals surface area contributed by atoms with Gasteiger partial charge in [0, 0.05) is 26.7 Å². The summed E-state index contributed by atoms with van der Waals surface area (Å²) in [5, 5.41) is 2.91. The fourth-order valence-electron chi connectivity index (χ4n) is 2.85. The molecular weight excluding hydrogens is 220 g/mol. The van der Waals surface area contributed by atoms with Gasteiger partial charge in [-0.1, -0.05) is 0 Å². The lowest BCUT2D eigenvalue weighted by molar-refractivity contribution is -0.135. The van der Waals surface area contributed by atoms with Gasteiger partial charge in [0.1, 0.15) is 6.61 Å². The highest BCUT2D eigenvalue weighted by molar-refractivity contribution is 5.85. The van der Waals surface area contributed by atoms with Gasteiger partial charge in [0.05, 0.1) is 5.41 Å². The second-order valence-corrected chi connectivity index (χ2v) is 4.95. The lowest BCUT2D eigenvalue weighted by atomic mass is 9.79. The highest BCUT2D eigenvalue weighted by Gasteiger charge is 2.43. The molecule has 1 spiro atoms. The number of nitrogens with zero attached hydrogens (tertiary/aromatic N) is 1. The summed E-state index contributed by atoms with van der Waals surface area (Å²) < 4.78 is 4.87. The van der Waals surface area contributed by atoms with Crippen LogP contribution in [0, 0.1) is 5.41 Å². The molecule has 0 aromatic carbocycles. The molecule has 17 heavy (non-hydrogen) atoms. The number of nitrogens with one attached hydrogen (secondary N) is 1. The fraction of sp³-hybridized carbons (Fsp3) is 0.833. The summed E-state index contributed by atoms with van der Waals surface area (Å²) >= 11 is 0. The molecule has 2 amide bonds. The van der Waals surface area contributed by atoms with Crippen molar-refractivity contribution in [2.45, 2.75) is 25.7 Å². The summed E-state index contributed by atoms with van der Waals surface area (Å²) in [6.07, 6.45) is 3.50. The Morgan fingerprint density at radius 2 is 2.24 bits per heavy atom. The molecule has 0 radical (unpaired) electrons. The van der Waals surface area contributed by atoms with Crippen molar-refractivity contribution in [2.75, 3.05) is 33.4 Å². The lowest BCUT2D eigenvalue weighted by Crippen LogP contribution is -2.36. The largest absolute Gasteiger partial charge is 0.375 e. The van der Waals surface area contributed by atoms with E-state index >= 15 is 0 Å². The maximum Gasteiger partial charge on any atom is 0.248 e. The first-order valence-corrected chi connectivity index (χ1v) is 6.23. The van der Waals surface area contributed by atoms with Gasteiger partial charge in [-0.15, -0.1) is 0 Å². The smallest absolute Gasteiger partial charge is 0.248 e. The molecular formula is C12H20N2O3. The zero-order valence-corrected chi connectivity index (χ0v) is 10.3. The quantitative estimate of drug-likeness (QED) is 0.747. The van der Waals surface area contributed by atoms with E-state index in [-0.39, 0.29) is 23.8 Å². The molecule has 2 rings (SSSR count). The Labute approximate surface area is 101 Å². The molecule has 2 aliphatic heterocycles. The third-order valence-electron chi connectivity index (χ3n) is 3.93. The number of hydrogen-bond acceptors (Lipinski definition) is 3. The van der Waals surface area contributed by atoms with Crippen molar-refractivity contribution in [2.24, 2.45) is 5.41 Å². The summed E-state index contributed by atoms with van der Waals surface area (Å²) in [7, 11) is 1.53. The number of carbonyl (C=O) groups is 2. The molecule has 0 saturated carbocycles. The van der Waals surface area contributed by atoms with Gasteiger partial charge in [0.2, 0.25) is 11.8 Å². The summed E-state index contributed by atoms with van der Waals surface area (Å²) in [5.41, 5.74) is -0.206. The van der Waals surface area contributed by atoms with Crippen molar-refractivity contribution in [3.8, 4) is 0 Å². The molecule has 2 saturated heterocycles. The Morgan fingerprint density at radius 3 is 2.88 bits per heavy atom. The predicted octanol–water partition coefficient (Wildman–Crippen LogP) is 0.152. The van der Waals surface area contributed by atoms with Gasteiger partial charge < -0.3 is 15.0 Å². The number of ether oxygens (including phenoxy) is 1. The minimum atomic E-state index is -0.206. The number of likely N-dealkylation sites (tertiary alicyclic amines) is 1. The van der Waals surface area contributed by atoms with E-state index in [1.54, 1.807) is 0 Å². The zero-order chi connectivity index (χ0) is 12.3. The number of amides is 2. The van der Waals surface area contributed by atoms with Crippen LogP contribution in [0.1, 0.15) is 25.7 Å². The molecule has 2 heterocycles. The Kier molecular flexibility index (Phi) is 3.66. The van der Waals surface area contributed by atoms with Crippen LogP contribution in [0.2, 0.25) is 0 Å². The monoisotopic (exact) mass is 240 g/mol. The van der Waals surface area contributed by atoms with Crippen LogP contribution in [0.5, 0.6) is 0 Å². The first-order chi connectivity index (χ1) is 8.18. The van der Waals surface area contributed by atoms with E-state index in [2.05, 4.69) is 5.32 Å². The fourth-order valence-corrected chi connectivity index (χ4v) is 2.85. The van der Waals surface area contributed by atoms with Crippen LogP contribution in [0.15, 0.2) is 0 Å². The van der Waals surface area contributed by atoms with Gasteiger partial charge in [-0.05, 0) is 25.7 Å². The average molecular weight is 240 g/mol. The van der Waals surface area contributed by atoms with Crippen molar-refractivity contribution in [3.63, 3.8) is 0 Å². The molecule has 2 aliphatic rings. The van der Waals surface area contributed by atoms with E-state index in [1.807, 2.05) is 4.90 Å². The maximum absolute atomic E-state index is 11.9. The van der Waals surface area contributed by atoms with Crippen molar-refractivity contribution in [1.29, 1.82) is 0 Å². The summed E-state index contributed by atoms with van der Waals surface area (Å²) in [6.45, 7) is 2.34. The SMILES string of the molecule is COCC(=O)N1CCC[C@]2(CCNC2=O)CC1. The van der Waals surface area contributed by atoms with Crippen LogP contribution in [-0.2, 0) is 14.3 Å². The van der Waals surface area contributed by atoms with Gasteiger partial charge in [0.15, 0.2) is 0 Å². The number of carbonyl (C=O) groups excluding carboxylic acids is 2. The van der Waals surface area contributed by atoms with Gasteiger partial charge in [-0.25, -0.2) is 0 Å². The first-order valence-electron chi connectivity index (χ1n) is 6.23. The molecule has 0 unspecified atom stereocenters. The van der Waals surface area contributed by atoms with Gasteiger partial charge >= 0.3 is 0 Å². The molecule has 5 nitrogen and oxygen atoms in total. The molecule has 1 atom stereocenters. The highest BCUT2D eigenvalue weighted by atomic mass is 16.5. The number of rotatable bonds is 2. The van der Waals surface area contributed by atoms with E-state index in [1.165, 1.54) is 7.11 Å². The lowest BCUT2D eigenvalue weighted by Gasteiger charge is -2.24. The Hall–Kier alpha value is -1.10. The van der Waals surface area contributed by atoms with E-state index < -0.39 is 0 Å². The molecule has 0 aliphatic carbocycles. The van der Waals surface area contributed by atoms with E-state index in [4.69, 9.17) is 4.74 Å². The second-order valence-electron chi connectivity index (χ2n) is 4.95. The first kappa shape index (κ1) is 12.4. The van der Waals surface area contributed by atoms with Crippen molar-refractivity contribution in [1.82, 2.24) is 10.2 Å². The second kappa shape index (κ2) is 5.04.